The summed E-state index contributed by atoms with van der Waals surface area (Å²) in [6.07, 6.45) is 6.29. The minimum Gasteiger partial charge on any atom is -0.394 e. The summed E-state index contributed by atoms with van der Waals surface area (Å²) in [5.41, 5.74) is -0.774. The Morgan fingerprint density at radius 2 is 1.84 bits per heavy atom. The number of amides is 1. The van der Waals surface area contributed by atoms with Crippen LogP contribution < -0.4 is 10.6 Å². The highest BCUT2D eigenvalue weighted by Crippen LogP contribution is 2.17. The van der Waals surface area contributed by atoms with Crippen molar-refractivity contribution in [3.05, 3.63) is 0 Å². The second-order valence-electron chi connectivity index (χ2n) is 5.66. The molecule has 1 atom stereocenters. The van der Waals surface area contributed by atoms with E-state index in [4.69, 9.17) is 0 Å². The molecule has 0 heterocycles. The van der Waals surface area contributed by atoms with Crippen LogP contribution in [0.4, 0.5) is 0 Å². The maximum Gasteiger partial charge on any atom is 0.237 e. The largest absolute Gasteiger partial charge is 0.394 e. The fraction of sp³-hybridized carbons (Fsp3) is 0.929. The van der Waals surface area contributed by atoms with E-state index in [9.17, 15) is 15.0 Å². The van der Waals surface area contributed by atoms with Crippen LogP contribution in [0.2, 0.25) is 0 Å². The van der Waals surface area contributed by atoms with Gasteiger partial charge in [-0.25, -0.2) is 0 Å². The van der Waals surface area contributed by atoms with Gasteiger partial charge in [-0.05, 0) is 26.2 Å². The minimum absolute atomic E-state index is 0.0494. The molecule has 0 aliphatic heterocycles. The molecule has 0 aromatic heterocycles. The molecule has 1 unspecified atom stereocenters. The molecule has 1 saturated carbocycles. The van der Waals surface area contributed by atoms with Crippen LogP contribution in [-0.4, -0.2) is 47.0 Å². The lowest BCUT2D eigenvalue weighted by Crippen LogP contribution is -2.59. The number of rotatable bonds is 7. The van der Waals surface area contributed by atoms with Crippen molar-refractivity contribution in [2.24, 2.45) is 0 Å². The second kappa shape index (κ2) is 7.82. The molecular formula is C14H28N2O3. The van der Waals surface area contributed by atoms with Gasteiger partial charge in [-0.1, -0.05) is 26.2 Å². The highest BCUT2D eigenvalue weighted by atomic mass is 16.3. The van der Waals surface area contributed by atoms with Crippen molar-refractivity contribution in [2.75, 3.05) is 13.2 Å². The van der Waals surface area contributed by atoms with Crippen molar-refractivity contribution in [1.29, 1.82) is 0 Å². The van der Waals surface area contributed by atoms with Crippen molar-refractivity contribution in [2.45, 2.75) is 70.0 Å². The van der Waals surface area contributed by atoms with E-state index in [0.717, 1.165) is 12.8 Å². The minimum atomic E-state index is -0.774. The van der Waals surface area contributed by atoms with E-state index < -0.39 is 11.6 Å². The highest BCUT2D eigenvalue weighted by molar-refractivity contribution is 5.81. The number of aliphatic hydroxyl groups excluding tert-OH is 2. The Bertz CT molecular complexity index is 266. The number of hydrogen-bond acceptors (Lipinski definition) is 4. The van der Waals surface area contributed by atoms with Crippen LogP contribution in [0.25, 0.3) is 0 Å². The first-order chi connectivity index (χ1) is 9.06. The summed E-state index contributed by atoms with van der Waals surface area (Å²) >= 11 is 0. The maximum absolute atomic E-state index is 12.1. The Morgan fingerprint density at radius 3 is 2.32 bits per heavy atom. The summed E-state index contributed by atoms with van der Waals surface area (Å²) in [4.78, 5) is 12.1. The topological polar surface area (TPSA) is 81.6 Å². The van der Waals surface area contributed by atoms with Crippen LogP contribution in [0, 0.1) is 0 Å². The van der Waals surface area contributed by atoms with E-state index in [1.54, 1.807) is 6.92 Å². The standard InChI is InChI=1S/C14H28N2O3/c1-3-14(9-17,10-18)16-11(2)13(19)15-12-7-5-4-6-8-12/h11-12,16-18H,3-10H2,1-2H3,(H,15,19). The van der Waals surface area contributed by atoms with Gasteiger partial charge >= 0.3 is 0 Å². The zero-order valence-electron chi connectivity index (χ0n) is 12.1. The first kappa shape index (κ1) is 16.4. The zero-order valence-corrected chi connectivity index (χ0v) is 12.1. The third-order valence-corrected chi connectivity index (χ3v) is 4.15. The molecule has 0 aromatic carbocycles. The van der Waals surface area contributed by atoms with Crippen LogP contribution in [0.15, 0.2) is 0 Å². The van der Waals surface area contributed by atoms with Gasteiger partial charge in [0.1, 0.15) is 0 Å². The van der Waals surface area contributed by atoms with Crippen LogP contribution in [0.5, 0.6) is 0 Å². The Morgan fingerprint density at radius 1 is 1.26 bits per heavy atom. The summed E-state index contributed by atoms with van der Waals surface area (Å²) in [7, 11) is 0. The summed E-state index contributed by atoms with van der Waals surface area (Å²) in [6, 6.07) is -0.133. The van der Waals surface area contributed by atoms with E-state index in [0.29, 0.717) is 6.42 Å². The molecule has 4 N–H and O–H groups in total. The molecule has 1 aliphatic rings. The van der Waals surface area contributed by atoms with Crippen LogP contribution in [0.3, 0.4) is 0 Å². The summed E-state index contributed by atoms with van der Waals surface area (Å²) < 4.78 is 0. The van der Waals surface area contributed by atoms with Gasteiger partial charge < -0.3 is 15.5 Å². The summed E-state index contributed by atoms with van der Waals surface area (Å²) in [5, 5.41) is 24.9. The van der Waals surface area contributed by atoms with E-state index in [1.807, 2.05) is 6.92 Å². The first-order valence-corrected chi connectivity index (χ1v) is 7.36. The summed E-state index contributed by atoms with van der Waals surface area (Å²) in [6.45, 7) is 3.29. The Balaban J connectivity index is 2.46. The van der Waals surface area contributed by atoms with E-state index in [1.165, 1.54) is 19.3 Å². The fourth-order valence-corrected chi connectivity index (χ4v) is 2.56. The number of nitrogens with one attached hydrogen (secondary N) is 2. The molecule has 19 heavy (non-hydrogen) atoms. The van der Waals surface area contributed by atoms with Crippen molar-refractivity contribution in [3.8, 4) is 0 Å². The lowest BCUT2D eigenvalue weighted by atomic mass is 9.94. The van der Waals surface area contributed by atoms with Crippen molar-refractivity contribution >= 4 is 5.91 Å². The maximum atomic E-state index is 12.1. The Kier molecular flexibility index (Phi) is 6.75. The van der Waals surface area contributed by atoms with Gasteiger partial charge in [-0.2, -0.15) is 0 Å². The van der Waals surface area contributed by atoms with Crippen LogP contribution in [-0.2, 0) is 4.79 Å². The molecule has 5 nitrogen and oxygen atoms in total. The smallest absolute Gasteiger partial charge is 0.237 e. The predicted molar refractivity (Wildman–Crippen MR) is 74.8 cm³/mol. The number of carbonyl (C=O) groups excluding carboxylic acids is 1. The van der Waals surface area contributed by atoms with Gasteiger partial charge in [0.2, 0.25) is 5.91 Å². The second-order valence-corrected chi connectivity index (χ2v) is 5.66. The van der Waals surface area contributed by atoms with Gasteiger partial charge in [0.15, 0.2) is 0 Å². The molecular weight excluding hydrogens is 244 g/mol. The molecule has 1 rings (SSSR count). The van der Waals surface area contributed by atoms with E-state index in [2.05, 4.69) is 10.6 Å². The van der Waals surface area contributed by atoms with Gasteiger partial charge in [-0.15, -0.1) is 0 Å². The molecule has 0 spiro atoms. The lowest BCUT2D eigenvalue weighted by Gasteiger charge is -2.33. The predicted octanol–water partition coefficient (Wildman–Crippen LogP) is 0.547. The van der Waals surface area contributed by atoms with Crippen LogP contribution in [0.1, 0.15) is 52.4 Å². The zero-order chi connectivity index (χ0) is 14.3. The number of aliphatic hydroxyl groups is 2. The molecule has 0 aromatic rings. The average molecular weight is 272 g/mol. The highest BCUT2D eigenvalue weighted by Gasteiger charge is 2.30. The average Bonchev–Trinajstić information content (AvgIpc) is 2.45. The van der Waals surface area contributed by atoms with Crippen LogP contribution >= 0.6 is 0 Å². The molecule has 1 aliphatic carbocycles. The molecule has 1 amide bonds. The molecule has 112 valence electrons. The molecule has 0 bridgehead atoms. The van der Waals surface area contributed by atoms with Crippen molar-refractivity contribution < 1.29 is 15.0 Å². The Labute approximate surface area is 115 Å². The monoisotopic (exact) mass is 272 g/mol. The third kappa shape index (κ3) is 4.75. The van der Waals surface area contributed by atoms with Gasteiger partial charge in [0.05, 0.1) is 24.8 Å². The SMILES string of the molecule is CCC(CO)(CO)NC(C)C(=O)NC1CCCCC1. The van der Waals surface area contributed by atoms with E-state index in [-0.39, 0.29) is 25.2 Å². The van der Waals surface area contributed by atoms with Gasteiger partial charge in [-0.3, -0.25) is 10.1 Å². The molecule has 1 fully saturated rings. The quantitative estimate of drug-likeness (QED) is 0.545. The van der Waals surface area contributed by atoms with Gasteiger partial charge in [0, 0.05) is 6.04 Å². The van der Waals surface area contributed by atoms with Crippen molar-refractivity contribution in [1.82, 2.24) is 10.6 Å². The lowest BCUT2D eigenvalue weighted by molar-refractivity contribution is -0.124. The number of hydrogen-bond donors (Lipinski definition) is 4. The fourth-order valence-electron chi connectivity index (χ4n) is 2.56. The molecule has 0 radical (unpaired) electrons. The van der Waals surface area contributed by atoms with Crippen molar-refractivity contribution in [3.63, 3.8) is 0 Å². The third-order valence-electron chi connectivity index (χ3n) is 4.15. The number of carbonyl (C=O) groups is 1. The first-order valence-electron chi connectivity index (χ1n) is 7.36. The summed E-state index contributed by atoms with van der Waals surface area (Å²) in [5.74, 6) is -0.0494. The Hall–Kier alpha value is -0.650. The van der Waals surface area contributed by atoms with Gasteiger partial charge in [0.25, 0.3) is 0 Å². The normalized spacial score (nSPS) is 19.2. The van der Waals surface area contributed by atoms with E-state index >= 15 is 0 Å². The molecule has 5 heteroatoms. The molecule has 0 saturated heterocycles.